The van der Waals surface area contributed by atoms with E-state index in [-0.39, 0.29) is 11.6 Å². The number of Topliss-reactive ketones (excluding diaryl/α,β-unsaturated/α-hetero) is 2. The third kappa shape index (κ3) is 2.70. The zero-order chi connectivity index (χ0) is 19.5. The molecule has 29 heavy (non-hydrogen) atoms. The van der Waals surface area contributed by atoms with E-state index in [0.29, 0.717) is 31.2 Å². The van der Waals surface area contributed by atoms with Crippen LogP contribution in [0.2, 0.25) is 0 Å². The van der Waals surface area contributed by atoms with Crippen LogP contribution < -0.4 is 0 Å². The van der Waals surface area contributed by atoms with Crippen LogP contribution in [0.5, 0.6) is 0 Å². The molecule has 0 atom stereocenters. The van der Waals surface area contributed by atoms with Crippen LogP contribution in [0, 0.1) is 0 Å². The fourth-order valence-corrected chi connectivity index (χ4v) is 8.20. The van der Waals surface area contributed by atoms with E-state index in [2.05, 4.69) is 51.0 Å². The van der Waals surface area contributed by atoms with Gasteiger partial charge in [-0.2, -0.15) is 0 Å². The number of aromatic nitrogens is 1. The van der Waals surface area contributed by atoms with Gasteiger partial charge in [-0.15, -0.1) is 0 Å². The minimum atomic E-state index is -0.671. The van der Waals surface area contributed by atoms with Crippen LogP contribution in [0.25, 0.3) is 31.5 Å². The van der Waals surface area contributed by atoms with E-state index in [0.717, 1.165) is 14.4 Å². The number of carbonyl (C=O) groups excluding carboxylic acids is 2. The first kappa shape index (κ1) is 17.4. The van der Waals surface area contributed by atoms with Crippen LogP contribution in [0.3, 0.4) is 0 Å². The van der Waals surface area contributed by atoms with Gasteiger partial charge in [0.2, 0.25) is 0 Å². The Morgan fingerprint density at radius 3 is 2.31 bits per heavy atom. The summed E-state index contributed by atoms with van der Waals surface area (Å²) in [6.07, 6.45) is 3.94. The summed E-state index contributed by atoms with van der Waals surface area (Å²) in [7, 11) is 0. The van der Waals surface area contributed by atoms with Crippen molar-refractivity contribution in [2.75, 3.05) is 0 Å². The van der Waals surface area contributed by atoms with Gasteiger partial charge < -0.3 is 0 Å². The normalized spacial score (nSPS) is 13.6. The van der Waals surface area contributed by atoms with Crippen LogP contribution >= 0.6 is 0 Å². The third-order valence-corrected chi connectivity index (χ3v) is 9.91. The maximum absolute atomic E-state index is 12.9. The zero-order valence-corrected chi connectivity index (χ0v) is 19.1. The van der Waals surface area contributed by atoms with Gasteiger partial charge in [0.15, 0.2) is 0 Å². The molecule has 5 heteroatoms. The molecule has 0 fully saturated rings. The maximum atomic E-state index is 12.9. The van der Waals surface area contributed by atoms with E-state index in [1.54, 1.807) is 0 Å². The van der Waals surface area contributed by atoms with E-state index < -0.39 is 20.4 Å². The predicted octanol–water partition coefficient (Wildman–Crippen LogP) is 4.36. The van der Waals surface area contributed by atoms with E-state index in [4.69, 9.17) is 0 Å². The van der Waals surface area contributed by atoms with E-state index >= 15 is 0 Å². The molecule has 0 spiro atoms. The molecule has 3 heterocycles. The van der Waals surface area contributed by atoms with Crippen molar-refractivity contribution >= 4 is 74.3 Å². The standard InChI is InChI=1S/C24H13NO2SeTe/c26-23-18-9-15-12-28-13-16(15)10-19(18)24(27)20(23)11-17-5-6-22(29-17)25-8-7-14-3-1-2-4-21(14)25/h1-13H. The number of para-hydroxylation sites is 1. The number of hydrogen-bond acceptors (Lipinski definition) is 2. The molecule has 5 aromatic rings. The van der Waals surface area contributed by atoms with Crippen LogP contribution in [0.15, 0.2) is 76.2 Å². The van der Waals surface area contributed by atoms with Gasteiger partial charge in [0.05, 0.1) is 0 Å². The minimum absolute atomic E-state index is 0.131. The van der Waals surface area contributed by atoms with Gasteiger partial charge >= 0.3 is 183 Å². The monoisotopic (exact) mass is 557 g/mol. The molecule has 1 aliphatic carbocycles. The quantitative estimate of drug-likeness (QED) is 0.185. The van der Waals surface area contributed by atoms with Gasteiger partial charge in [0, 0.05) is 0 Å². The first-order valence-corrected chi connectivity index (χ1v) is 13.5. The number of benzene rings is 2. The molecule has 3 nitrogen and oxygen atoms in total. The number of nitrogens with zero attached hydrogens (tertiary/aromatic N) is 1. The summed E-state index contributed by atoms with van der Waals surface area (Å²) in [6, 6.07) is 18.4. The Hall–Kier alpha value is -2.41. The second-order valence-electron chi connectivity index (χ2n) is 7.04. The topological polar surface area (TPSA) is 39.1 Å². The Kier molecular flexibility index (Phi) is 3.94. The summed E-state index contributed by atoms with van der Waals surface area (Å²) >= 11 is -0.345. The van der Waals surface area contributed by atoms with Gasteiger partial charge in [0.1, 0.15) is 0 Å². The van der Waals surface area contributed by atoms with Crippen molar-refractivity contribution in [3.8, 4) is 3.70 Å². The van der Waals surface area contributed by atoms with Crippen LogP contribution in [-0.4, -0.2) is 51.1 Å². The SMILES string of the molecule is O=C1C(=Cc2ccc(-n3ccc4ccccc43)[te]2)C(=O)c2cc3c[se]cc3cc21. The fourth-order valence-electron chi connectivity index (χ4n) is 3.88. The van der Waals surface area contributed by atoms with Crippen molar-refractivity contribution in [1.82, 2.24) is 4.57 Å². The molecule has 6 rings (SSSR count). The van der Waals surface area contributed by atoms with Crippen LogP contribution in [-0.2, 0) is 0 Å². The van der Waals surface area contributed by atoms with E-state index in [1.807, 2.05) is 30.3 Å². The Labute approximate surface area is 182 Å². The summed E-state index contributed by atoms with van der Waals surface area (Å²) in [4.78, 5) is 30.2. The first-order valence-electron chi connectivity index (χ1n) is 9.16. The summed E-state index contributed by atoms with van der Waals surface area (Å²) < 4.78 is 4.61. The average Bonchev–Trinajstić information content (AvgIpc) is 3.50. The second kappa shape index (κ2) is 6.55. The third-order valence-electron chi connectivity index (χ3n) is 5.33. The summed E-state index contributed by atoms with van der Waals surface area (Å²) in [5.74, 6) is -0.261. The van der Waals surface area contributed by atoms with Gasteiger partial charge in [-0.3, -0.25) is 0 Å². The molecule has 138 valence electrons. The number of allylic oxidation sites excluding steroid dienone is 1. The van der Waals surface area contributed by atoms with Crippen molar-refractivity contribution in [3.63, 3.8) is 0 Å². The Morgan fingerprint density at radius 2 is 1.55 bits per heavy atom. The number of rotatable bonds is 2. The summed E-state index contributed by atoms with van der Waals surface area (Å²) in [5.41, 5.74) is 2.63. The van der Waals surface area contributed by atoms with Gasteiger partial charge in [-0.1, -0.05) is 0 Å². The number of fused-ring (bicyclic) bond motifs is 3. The number of hydrogen-bond donors (Lipinski definition) is 0. The van der Waals surface area contributed by atoms with Crippen molar-refractivity contribution < 1.29 is 9.59 Å². The molecular formula is C24H13NO2SeTe. The molecule has 3 aromatic heterocycles. The molecule has 0 radical (unpaired) electrons. The van der Waals surface area contributed by atoms with Crippen molar-refractivity contribution in [2.24, 2.45) is 0 Å². The molecule has 2 aromatic carbocycles. The molecule has 1 aliphatic rings. The molecule has 0 amide bonds. The van der Waals surface area contributed by atoms with E-state index in [1.165, 1.54) is 14.6 Å². The average molecular weight is 554 g/mol. The molecule has 0 N–H and O–H groups in total. The van der Waals surface area contributed by atoms with Crippen LogP contribution in [0.1, 0.15) is 24.3 Å². The van der Waals surface area contributed by atoms with Gasteiger partial charge in [-0.05, 0) is 0 Å². The first-order chi connectivity index (χ1) is 14.2. The van der Waals surface area contributed by atoms with Crippen LogP contribution in [0.4, 0.5) is 0 Å². The van der Waals surface area contributed by atoms with E-state index in [9.17, 15) is 9.59 Å². The Bertz CT molecular complexity index is 1450. The predicted molar refractivity (Wildman–Crippen MR) is 118 cm³/mol. The van der Waals surface area contributed by atoms with Gasteiger partial charge in [-0.25, -0.2) is 0 Å². The molecule has 0 saturated carbocycles. The molecule has 0 bridgehead atoms. The number of carbonyl (C=O) groups is 2. The molecule has 0 unspecified atom stereocenters. The second-order valence-corrected chi connectivity index (χ2v) is 11.7. The molecule has 0 saturated heterocycles. The Morgan fingerprint density at radius 1 is 0.828 bits per heavy atom. The number of ketones is 2. The molecular weight excluding hydrogens is 541 g/mol. The van der Waals surface area contributed by atoms with Crippen molar-refractivity contribution in [1.29, 1.82) is 0 Å². The fraction of sp³-hybridized carbons (Fsp3) is 0. The summed E-state index contributed by atoms with van der Waals surface area (Å²) in [6.45, 7) is 0. The molecule has 0 aliphatic heterocycles. The Balaban J connectivity index is 1.41. The van der Waals surface area contributed by atoms with Crippen molar-refractivity contribution in [2.45, 2.75) is 0 Å². The zero-order valence-electron chi connectivity index (χ0n) is 15.1. The van der Waals surface area contributed by atoms with Gasteiger partial charge in [0.25, 0.3) is 0 Å². The summed E-state index contributed by atoms with van der Waals surface area (Å²) in [5, 5.41) is 3.39. The van der Waals surface area contributed by atoms with Crippen molar-refractivity contribution in [3.05, 3.63) is 91.0 Å².